The summed E-state index contributed by atoms with van der Waals surface area (Å²) in [7, 11) is 1.54. The number of nitrogens with zero attached hydrogens (tertiary/aromatic N) is 1. The molecule has 0 saturated carbocycles. The molecule has 1 N–H and O–H groups in total. The summed E-state index contributed by atoms with van der Waals surface area (Å²) in [4.78, 5) is 10.8. The van der Waals surface area contributed by atoms with Crippen LogP contribution < -0.4 is 4.74 Å². The number of ether oxygens (including phenoxy) is 1. The van der Waals surface area contributed by atoms with E-state index in [9.17, 15) is 4.79 Å². The Labute approximate surface area is 74.5 Å². The number of carbonyl (C=O) groups excluding carboxylic acids is 1. The molecule has 0 spiro atoms. The Morgan fingerprint density at radius 1 is 1.54 bits per heavy atom. The first-order valence-corrected chi connectivity index (χ1v) is 3.82. The highest BCUT2D eigenvalue weighted by Crippen LogP contribution is 2.24. The molecule has 2 rings (SSSR count). The average molecular weight is 176 g/mol. The SMILES string of the molecule is COc1ccc2[nH]ncc2c1C=O. The maximum Gasteiger partial charge on any atom is 0.154 e. The Morgan fingerprint density at radius 3 is 3.08 bits per heavy atom. The van der Waals surface area contributed by atoms with Crippen LogP contribution in [0.3, 0.4) is 0 Å². The number of nitrogens with one attached hydrogen (secondary N) is 1. The summed E-state index contributed by atoms with van der Waals surface area (Å²) in [5.41, 5.74) is 1.37. The van der Waals surface area contributed by atoms with E-state index in [-0.39, 0.29) is 0 Å². The normalized spacial score (nSPS) is 10.2. The van der Waals surface area contributed by atoms with Crippen LogP contribution in [0, 0.1) is 0 Å². The molecule has 0 aliphatic rings. The van der Waals surface area contributed by atoms with Gasteiger partial charge in [0.05, 0.1) is 24.4 Å². The van der Waals surface area contributed by atoms with E-state index in [0.29, 0.717) is 11.3 Å². The zero-order valence-electron chi connectivity index (χ0n) is 7.07. The highest BCUT2D eigenvalue weighted by atomic mass is 16.5. The number of aromatic nitrogens is 2. The van der Waals surface area contributed by atoms with Crippen LogP contribution in [-0.2, 0) is 0 Å². The molecule has 2 aromatic rings. The van der Waals surface area contributed by atoms with Gasteiger partial charge in [0.25, 0.3) is 0 Å². The van der Waals surface area contributed by atoms with Crippen molar-refractivity contribution >= 4 is 17.2 Å². The van der Waals surface area contributed by atoms with E-state index in [1.54, 1.807) is 12.3 Å². The predicted octanol–water partition coefficient (Wildman–Crippen LogP) is 1.38. The van der Waals surface area contributed by atoms with E-state index >= 15 is 0 Å². The average Bonchev–Trinajstić information content (AvgIpc) is 2.63. The standard InChI is InChI=1S/C9H8N2O2/c1-13-9-3-2-8-6(4-10-11-8)7(9)5-12/h2-5H,1H3,(H,10,11). The maximum absolute atomic E-state index is 10.8. The Morgan fingerprint density at radius 2 is 2.38 bits per heavy atom. The van der Waals surface area contributed by atoms with E-state index in [0.717, 1.165) is 17.2 Å². The third kappa shape index (κ3) is 1.07. The molecule has 0 amide bonds. The largest absolute Gasteiger partial charge is 0.496 e. The van der Waals surface area contributed by atoms with E-state index in [4.69, 9.17) is 4.74 Å². The highest BCUT2D eigenvalue weighted by molar-refractivity contribution is 5.99. The summed E-state index contributed by atoms with van der Waals surface area (Å²) in [6.45, 7) is 0. The quantitative estimate of drug-likeness (QED) is 0.703. The number of aldehydes is 1. The minimum atomic E-state index is 0.536. The topological polar surface area (TPSA) is 55.0 Å². The van der Waals surface area contributed by atoms with Gasteiger partial charge in [0.15, 0.2) is 6.29 Å². The Balaban J connectivity index is 2.81. The molecule has 0 atom stereocenters. The minimum absolute atomic E-state index is 0.536. The first kappa shape index (κ1) is 7.79. The summed E-state index contributed by atoms with van der Waals surface area (Å²) in [5, 5.41) is 7.41. The molecule has 1 heterocycles. The van der Waals surface area contributed by atoms with Gasteiger partial charge >= 0.3 is 0 Å². The molecule has 66 valence electrons. The van der Waals surface area contributed by atoms with Crippen LogP contribution in [0.2, 0.25) is 0 Å². The molecule has 0 unspecified atom stereocenters. The maximum atomic E-state index is 10.8. The zero-order valence-corrected chi connectivity index (χ0v) is 7.07. The lowest BCUT2D eigenvalue weighted by atomic mass is 10.1. The molecule has 0 aliphatic heterocycles. The molecule has 13 heavy (non-hydrogen) atoms. The number of carbonyl (C=O) groups is 1. The van der Waals surface area contributed by atoms with Gasteiger partial charge in [-0.05, 0) is 12.1 Å². The summed E-state index contributed by atoms with van der Waals surface area (Å²) < 4.78 is 5.04. The molecule has 0 bridgehead atoms. The lowest BCUT2D eigenvalue weighted by molar-refractivity contribution is 0.112. The molecular weight excluding hydrogens is 168 g/mol. The van der Waals surface area contributed by atoms with E-state index < -0.39 is 0 Å². The third-order valence-electron chi connectivity index (χ3n) is 1.96. The Kier molecular flexibility index (Phi) is 1.73. The number of methoxy groups -OCH3 is 1. The van der Waals surface area contributed by atoms with Gasteiger partial charge < -0.3 is 4.74 Å². The highest BCUT2D eigenvalue weighted by Gasteiger charge is 2.07. The van der Waals surface area contributed by atoms with Crippen molar-refractivity contribution in [3.63, 3.8) is 0 Å². The zero-order chi connectivity index (χ0) is 9.26. The lowest BCUT2D eigenvalue weighted by Crippen LogP contribution is -1.90. The van der Waals surface area contributed by atoms with E-state index in [1.165, 1.54) is 7.11 Å². The van der Waals surface area contributed by atoms with Gasteiger partial charge in [0.2, 0.25) is 0 Å². The van der Waals surface area contributed by atoms with Gasteiger partial charge in [-0.3, -0.25) is 9.89 Å². The second-order valence-corrected chi connectivity index (χ2v) is 2.63. The van der Waals surface area contributed by atoms with Gasteiger partial charge in [-0.2, -0.15) is 5.10 Å². The van der Waals surface area contributed by atoms with Crippen LogP contribution >= 0.6 is 0 Å². The van der Waals surface area contributed by atoms with Gasteiger partial charge in [-0.15, -0.1) is 0 Å². The van der Waals surface area contributed by atoms with Crippen molar-refractivity contribution in [3.05, 3.63) is 23.9 Å². The van der Waals surface area contributed by atoms with Crippen LogP contribution in [0.4, 0.5) is 0 Å². The number of fused-ring (bicyclic) bond motifs is 1. The van der Waals surface area contributed by atoms with E-state index in [2.05, 4.69) is 10.2 Å². The molecule has 4 heteroatoms. The third-order valence-corrected chi connectivity index (χ3v) is 1.96. The molecular formula is C9H8N2O2. The Hall–Kier alpha value is -1.84. The number of aromatic amines is 1. The first-order valence-electron chi connectivity index (χ1n) is 3.82. The molecule has 0 fully saturated rings. The fourth-order valence-electron chi connectivity index (χ4n) is 1.32. The van der Waals surface area contributed by atoms with Crippen molar-refractivity contribution in [2.24, 2.45) is 0 Å². The molecule has 0 aliphatic carbocycles. The summed E-state index contributed by atoms with van der Waals surface area (Å²) >= 11 is 0. The van der Waals surface area contributed by atoms with Crippen molar-refractivity contribution in [2.75, 3.05) is 7.11 Å². The molecule has 0 saturated heterocycles. The minimum Gasteiger partial charge on any atom is -0.496 e. The fourth-order valence-corrected chi connectivity index (χ4v) is 1.32. The Bertz CT molecular complexity index is 448. The number of hydrogen-bond acceptors (Lipinski definition) is 3. The van der Waals surface area contributed by atoms with Crippen molar-refractivity contribution < 1.29 is 9.53 Å². The van der Waals surface area contributed by atoms with Gasteiger partial charge in [-0.25, -0.2) is 0 Å². The van der Waals surface area contributed by atoms with Gasteiger partial charge in [-0.1, -0.05) is 0 Å². The smallest absolute Gasteiger partial charge is 0.154 e. The molecule has 1 aromatic carbocycles. The monoisotopic (exact) mass is 176 g/mol. The van der Waals surface area contributed by atoms with Crippen LogP contribution in [0.25, 0.3) is 10.9 Å². The first-order chi connectivity index (χ1) is 6.36. The number of hydrogen-bond donors (Lipinski definition) is 1. The lowest BCUT2D eigenvalue weighted by Gasteiger charge is -2.02. The molecule has 1 aromatic heterocycles. The van der Waals surface area contributed by atoms with Crippen molar-refractivity contribution in [3.8, 4) is 5.75 Å². The predicted molar refractivity (Wildman–Crippen MR) is 48.0 cm³/mol. The second kappa shape index (κ2) is 2.90. The van der Waals surface area contributed by atoms with Crippen molar-refractivity contribution in [1.29, 1.82) is 0 Å². The van der Waals surface area contributed by atoms with Crippen molar-refractivity contribution in [1.82, 2.24) is 10.2 Å². The fraction of sp³-hybridized carbons (Fsp3) is 0.111. The van der Waals surface area contributed by atoms with Crippen LogP contribution in [0.5, 0.6) is 5.75 Å². The second-order valence-electron chi connectivity index (χ2n) is 2.63. The summed E-state index contributed by atoms with van der Waals surface area (Å²) in [5.74, 6) is 0.573. The number of H-pyrrole nitrogens is 1. The summed E-state index contributed by atoms with van der Waals surface area (Å²) in [6.07, 6.45) is 2.39. The number of rotatable bonds is 2. The van der Waals surface area contributed by atoms with Crippen molar-refractivity contribution in [2.45, 2.75) is 0 Å². The van der Waals surface area contributed by atoms with E-state index in [1.807, 2.05) is 6.07 Å². The molecule has 4 nitrogen and oxygen atoms in total. The molecule has 0 radical (unpaired) electrons. The summed E-state index contributed by atoms with van der Waals surface area (Å²) in [6, 6.07) is 3.57. The van der Waals surface area contributed by atoms with Crippen LogP contribution in [-0.4, -0.2) is 23.6 Å². The van der Waals surface area contributed by atoms with Crippen LogP contribution in [0.15, 0.2) is 18.3 Å². The number of benzene rings is 1. The van der Waals surface area contributed by atoms with Crippen LogP contribution in [0.1, 0.15) is 10.4 Å². The van der Waals surface area contributed by atoms with Gasteiger partial charge in [0.1, 0.15) is 5.75 Å². The van der Waals surface area contributed by atoms with Gasteiger partial charge in [0, 0.05) is 5.39 Å².